The number of ether oxygens (including phenoxy) is 1. The number of methoxy groups -OCH3 is 1. The number of hydrogen-bond donors (Lipinski definition) is 4. The summed E-state index contributed by atoms with van der Waals surface area (Å²) in [6, 6.07) is 7.67. The van der Waals surface area contributed by atoms with Gasteiger partial charge in [0.05, 0.1) is 7.11 Å². The number of piperidine rings is 1. The summed E-state index contributed by atoms with van der Waals surface area (Å²) >= 11 is 0. The Labute approximate surface area is 206 Å². The molecule has 0 aliphatic carbocycles. The molecule has 0 radical (unpaired) electrons. The van der Waals surface area contributed by atoms with Gasteiger partial charge in [0.1, 0.15) is 11.4 Å². The maximum absolute atomic E-state index is 14.0. The minimum Gasteiger partial charge on any atom is -0.480 e. The maximum Gasteiger partial charge on any atom is 0.328 e. The van der Waals surface area contributed by atoms with Crippen molar-refractivity contribution in [2.24, 2.45) is 0 Å². The van der Waals surface area contributed by atoms with Crippen LogP contribution >= 0.6 is 0 Å². The number of nitrogens with zero attached hydrogens (tertiary/aromatic N) is 3. The van der Waals surface area contributed by atoms with E-state index in [1.54, 1.807) is 6.07 Å². The van der Waals surface area contributed by atoms with Gasteiger partial charge in [0.15, 0.2) is 0 Å². The zero-order chi connectivity index (χ0) is 26.2. The van der Waals surface area contributed by atoms with Crippen LogP contribution in [0, 0.1) is 5.82 Å². The van der Waals surface area contributed by atoms with Gasteiger partial charge in [0.2, 0.25) is 11.8 Å². The minimum absolute atomic E-state index is 0.0594. The molecule has 12 heteroatoms. The zero-order valence-electron chi connectivity index (χ0n) is 19.6. The number of benzene rings is 1. The molecule has 192 valence electrons. The average molecular weight is 502 g/mol. The van der Waals surface area contributed by atoms with Crippen LogP contribution < -0.4 is 15.8 Å². The van der Waals surface area contributed by atoms with Crippen LogP contribution in [-0.4, -0.2) is 68.2 Å². The second-order valence-corrected chi connectivity index (χ2v) is 8.45. The third kappa shape index (κ3) is 6.98. The van der Waals surface area contributed by atoms with Crippen molar-refractivity contribution in [2.75, 3.05) is 12.8 Å². The van der Waals surface area contributed by atoms with Crippen LogP contribution in [0.2, 0.25) is 0 Å². The zero-order valence-corrected chi connectivity index (χ0v) is 19.6. The number of carboxylic acid groups (broad SMARTS) is 2. The van der Waals surface area contributed by atoms with E-state index in [0.29, 0.717) is 30.8 Å². The summed E-state index contributed by atoms with van der Waals surface area (Å²) in [6.45, 7) is 0.613. The molecule has 36 heavy (non-hydrogen) atoms. The number of carboxylic acids is 2. The van der Waals surface area contributed by atoms with Crippen molar-refractivity contribution >= 4 is 23.8 Å². The molecule has 1 aromatic carbocycles. The SMILES string of the molecule is COc1nc(N)ncc1C(=O)NC1CC2CCC(C1)N2Cc1ccccc1F.O=C(O)C=CC(=O)O. The number of nitrogen functional groups attached to an aromatic ring is 1. The normalized spacial score (nSPS) is 20.9. The van der Waals surface area contributed by atoms with Gasteiger partial charge in [-0.05, 0) is 31.7 Å². The largest absolute Gasteiger partial charge is 0.480 e. The van der Waals surface area contributed by atoms with Crippen molar-refractivity contribution in [3.8, 4) is 5.88 Å². The molecule has 3 heterocycles. The van der Waals surface area contributed by atoms with E-state index in [0.717, 1.165) is 31.2 Å². The van der Waals surface area contributed by atoms with Gasteiger partial charge in [-0.15, -0.1) is 0 Å². The molecule has 5 N–H and O–H groups in total. The van der Waals surface area contributed by atoms with E-state index in [-0.39, 0.29) is 35.2 Å². The van der Waals surface area contributed by atoms with Crippen molar-refractivity contribution in [1.29, 1.82) is 0 Å². The first-order valence-corrected chi connectivity index (χ1v) is 11.3. The summed E-state index contributed by atoms with van der Waals surface area (Å²) in [5.74, 6) is -2.70. The fourth-order valence-corrected chi connectivity index (χ4v) is 4.57. The van der Waals surface area contributed by atoms with Crippen LogP contribution in [0.25, 0.3) is 0 Å². The summed E-state index contributed by atoms with van der Waals surface area (Å²) in [6.07, 6.45) is 6.33. The van der Waals surface area contributed by atoms with Crippen molar-refractivity contribution in [2.45, 2.75) is 50.4 Å². The number of aromatic nitrogens is 2. The third-order valence-electron chi connectivity index (χ3n) is 6.11. The highest BCUT2D eigenvalue weighted by molar-refractivity contribution is 5.96. The number of halogens is 1. The smallest absolute Gasteiger partial charge is 0.328 e. The van der Waals surface area contributed by atoms with E-state index >= 15 is 0 Å². The first kappa shape index (κ1) is 26.5. The number of carbonyl (C=O) groups excluding carboxylic acids is 1. The van der Waals surface area contributed by atoms with Crippen LogP contribution in [0.4, 0.5) is 10.3 Å². The summed E-state index contributed by atoms with van der Waals surface area (Å²) in [4.78, 5) is 42.0. The first-order chi connectivity index (χ1) is 17.2. The lowest BCUT2D eigenvalue weighted by Gasteiger charge is -2.39. The molecule has 2 aliphatic rings. The predicted octanol–water partition coefficient (Wildman–Crippen LogP) is 1.84. The number of rotatable bonds is 7. The van der Waals surface area contributed by atoms with Crippen molar-refractivity contribution in [1.82, 2.24) is 20.2 Å². The summed E-state index contributed by atoms with van der Waals surface area (Å²) in [5, 5.41) is 18.7. The van der Waals surface area contributed by atoms with Crippen molar-refractivity contribution < 1.29 is 33.7 Å². The molecule has 0 saturated carbocycles. The lowest BCUT2D eigenvalue weighted by Crippen LogP contribution is -2.50. The number of fused-ring (bicyclic) bond motifs is 2. The van der Waals surface area contributed by atoms with Crippen LogP contribution in [0.15, 0.2) is 42.6 Å². The Morgan fingerprint density at radius 1 is 1.17 bits per heavy atom. The molecule has 2 aliphatic heterocycles. The Hall–Kier alpha value is -4.06. The van der Waals surface area contributed by atoms with Gasteiger partial charge in [-0.25, -0.2) is 19.0 Å². The molecule has 4 rings (SSSR count). The molecule has 0 spiro atoms. The highest BCUT2D eigenvalue weighted by atomic mass is 19.1. The van der Waals surface area contributed by atoms with E-state index in [1.807, 2.05) is 12.1 Å². The quantitative estimate of drug-likeness (QED) is 0.411. The molecular weight excluding hydrogens is 473 g/mol. The molecule has 1 aromatic heterocycles. The van der Waals surface area contributed by atoms with Crippen LogP contribution in [0.1, 0.15) is 41.6 Å². The van der Waals surface area contributed by atoms with E-state index in [9.17, 15) is 18.8 Å². The summed E-state index contributed by atoms with van der Waals surface area (Å²) < 4.78 is 19.2. The third-order valence-corrected chi connectivity index (χ3v) is 6.11. The van der Waals surface area contributed by atoms with Gasteiger partial charge in [0, 0.05) is 48.6 Å². The van der Waals surface area contributed by atoms with Gasteiger partial charge < -0.3 is 26.0 Å². The monoisotopic (exact) mass is 501 g/mol. The van der Waals surface area contributed by atoms with Crippen LogP contribution in [0.3, 0.4) is 0 Å². The molecule has 11 nitrogen and oxygen atoms in total. The Kier molecular flexibility index (Phi) is 8.90. The van der Waals surface area contributed by atoms with Gasteiger partial charge >= 0.3 is 11.9 Å². The lowest BCUT2D eigenvalue weighted by atomic mass is 9.96. The number of nitrogens with two attached hydrogens (primary N) is 1. The number of aliphatic carboxylic acids is 2. The van der Waals surface area contributed by atoms with E-state index in [4.69, 9.17) is 20.7 Å². The van der Waals surface area contributed by atoms with Gasteiger partial charge in [-0.2, -0.15) is 4.98 Å². The number of carbonyl (C=O) groups is 3. The highest BCUT2D eigenvalue weighted by Crippen LogP contribution is 2.37. The number of anilines is 1. The second-order valence-electron chi connectivity index (χ2n) is 8.45. The Bertz CT molecular complexity index is 1110. The Balaban J connectivity index is 0.000000392. The highest BCUT2D eigenvalue weighted by Gasteiger charge is 2.41. The van der Waals surface area contributed by atoms with Gasteiger partial charge in [-0.3, -0.25) is 9.69 Å². The molecular formula is C24H28FN5O6. The number of amides is 1. The Morgan fingerprint density at radius 2 is 1.78 bits per heavy atom. The fraction of sp³-hybridized carbons (Fsp3) is 0.375. The standard InChI is InChI=1S/C20H24FN5O2.C4H4O4/c1-28-19-16(10-23-20(22)25-19)18(27)24-13-8-14-6-7-15(9-13)26(14)11-12-4-2-3-5-17(12)21;5-3(6)1-2-4(7)8/h2-5,10,13-15H,6-9,11H2,1H3,(H,24,27)(H2,22,23,25);1-2H,(H,5,6)(H,7,8). The summed E-state index contributed by atoms with van der Waals surface area (Å²) in [5.41, 5.74) is 6.56. The van der Waals surface area contributed by atoms with Crippen molar-refractivity contribution in [3.05, 3.63) is 59.6 Å². The van der Waals surface area contributed by atoms with Gasteiger partial charge in [0.25, 0.3) is 5.91 Å². The van der Waals surface area contributed by atoms with Crippen molar-refractivity contribution in [3.63, 3.8) is 0 Å². The Morgan fingerprint density at radius 3 is 2.33 bits per heavy atom. The number of nitrogens with one attached hydrogen (secondary N) is 1. The molecule has 2 bridgehead atoms. The molecule has 2 atom stereocenters. The molecule has 2 saturated heterocycles. The predicted molar refractivity (Wildman–Crippen MR) is 127 cm³/mol. The topological polar surface area (TPSA) is 168 Å². The van der Waals surface area contributed by atoms with Gasteiger partial charge in [-0.1, -0.05) is 18.2 Å². The van der Waals surface area contributed by atoms with Crippen LogP contribution in [-0.2, 0) is 16.1 Å². The van der Waals surface area contributed by atoms with E-state index < -0.39 is 11.9 Å². The lowest BCUT2D eigenvalue weighted by molar-refractivity contribution is -0.134. The second kappa shape index (κ2) is 12.1. The molecule has 2 fully saturated rings. The summed E-state index contributed by atoms with van der Waals surface area (Å²) in [7, 11) is 1.44. The number of hydrogen-bond acceptors (Lipinski definition) is 8. The molecule has 2 aromatic rings. The first-order valence-electron chi connectivity index (χ1n) is 11.3. The van der Waals surface area contributed by atoms with E-state index in [2.05, 4.69) is 20.2 Å². The molecule has 2 unspecified atom stereocenters. The van der Waals surface area contributed by atoms with E-state index in [1.165, 1.54) is 19.4 Å². The van der Waals surface area contributed by atoms with Crippen LogP contribution in [0.5, 0.6) is 5.88 Å². The molecule has 1 amide bonds. The fourth-order valence-electron chi connectivity index (χ4n) is 4.57. The average Bonchev–Trinajstić information content (AvgIpc) is 3.06. The maximum atomic E-state index is 14.0. The minimum atomic E-state index is -1.26.